The molecule has 1 fully saturated rings. The lowest BCUT2D eigenvalue weighted by atomic mass is 9.85. The molecule has 1 saturated carbocycles. The van der Waals surface area contributed by atoms with Gasteiger partial charge in [0, 0.05) is 6.04 Å². The van der Waals surface area contributed by atoms with Crippen molar-refractivity contribution in [2.45, 2.75) is 71.8 Å². The minimum absolute atomic E-state index is 0.00816. The fourth-order valence-electron chi connectivity index (χ4n) is 2.83. The van der Waals surface area contributed by atoms with E-state index in [0.717, 1.165) is 31.7 Å². The van der Waals surface area contributed by atoms with Crippen molar-refractivity contribution in [2.75, 3.05) is 13.2 Å². The van der Waals surface area contributed by atoms with Crippen LogP contribution in [-0.2, 0) is 9.53 Å². The van der Waals surface area contributed by atoms with Crippen molar-refractivity contribution in [3.05, 3.63) is 0 Å². The summed E-state index contributed by atoms with van der Waals surface area (Å²) in [5.41, 5.74) is 0. The van der Waals surface area contributed by atoms with Gasteiger partial charge in [-0.3, -0.25) is 4.79 Å². The van der Waals surface area contributed by atoms with Gasteiger partial charge in [-0.2, -0.15) is 0 Å². The quantitative estimate of drug-likeness (QED) is 0.541. The molecular weight excluding hydrogens is 238 g/mol. The Hall–Kier alpha value is -0.570. The Kier molecular flexibility index (Phi) is 8.11. The molecule has 1 aliphatic carbocycles. The van der Waals surface area contributed by atoms with Crippen LogP contribution in [0.5, 0.6) is 0 Å². The van der Waals surface area contributed by atoms with Crippen molar-refractivity contribution in [3.63, 3.8) is 0 Å². The highest BCUT2D eigenvalue weighted by atomic mass is 16.5. The van der Waals surface area contributed by atoms with E-state index in [-0.39, 0.29) is 11.9 Å². The number of carbonyl (C=O) groups excluding carboxylic acids is 1. The van der Waals surface area contributed by atoms with Gasteiger partial charge in [0.15, 0.2) is 0 Å². The lowest BCUT2D eigenvalue weighted by molar-refractivity contribution is -0.149. The standard InChI is InChI=1S/C16H31NO2/c1-4-19-16(18)14-9-7-10-15(12-14)17-11-6-5-8-13(2)3/h13-15,17H,4-12H2,1-3H3. The zero-order valence-electron chi connectivity index (χ0n) is 12.9. The molecule has 1 rings (SSSR count). The van der Waals surface area contributed by atoms with Crippen LogP contribution in [0.1, 0.15) is 65.7 Å². The third-order valence-electron chi connectivity index (χ3n) is 3.94. The Bertz CT molecular complexity index is 253. The number of carbonyl (C=O) groups is 1. The highest BCUT2D eigenvalue weighted by Gasteiger charge is 2.27. The predicted molar refractivity (Wildman–Crippen MR) is 79.1 cm³/mol. The lowest BCUT2D eigenvalue weighted by Gasteiger charge is -2.28. The maximum absolute atomic E-state index is 11.7. The summed E-state index contributed by atoms with van der Waals surface area (Å²) in [4.78, 5) is 11.7. The molecule has 0 aromatic heterocycles. The van der Waals surface area contributed by atoms with Gasteiger partial charge in [-0.15, -0.1) is 0 Å². The summed E-state index contributed by atoms with van der Waals surface area (Å²) < 4.78 is 5.13. The van der Waals surface area contributed by atoms with E-state index in [2.05, 4.69) is 19.2 Å². The minimum atomic E-state index is 0.00816. The zero-order valence-corrected chi connectivity index (χ0v) is 12.9. The first-order valence-corrected chi connectivity index (χ1v) is 8.03. The molecule has 3 nitrogen and oxygen atoms in total. The van der Waals surface area contributed by atoms with Gasteiger partial charge >= 0.3 is 5.97 Å². The summed E-state index contributed by atoms with van der Waals surface area (Å²) in [7, 11) is 0. The summed E-state index contributed by atoms with van der Waals surface area (Å²) in [5.74, 6) is 0.943. The van der Waals surface area contributed by atoms with Crippen molar-refractivity contribution in [3.8, 4) is 0 Å². The van der Waals surface area contributed by atoms with Crippen LogP contribution in [0.25, 0.3) is 0 Å². The monoisotopic (exact) mass is 269 g/mol. The van der Waals surface area contributed by atoms with Gasteiger partial charge < -0.3 is 10.1 Å². The number of unbranched alkanes of at least 4 members (excludes halogenated alkanes) is 1. The van der Waals surface area contributed by atoms with Crippen LogP contribution in [0.15, 0.2) is 0 Å². The molecule has 0 heterocycles. The molecule has 0 aromatic carbocycles. The van der Waals surface area contributed by atoms with Crippen LogP contribution in [0.2, 0.25) is 0 Å². The fraction of sp³-hybridized carbons (Fsp3) is 0.938. The van der Waals surface area contributed by atoms with Gasteiger partial charge in [0.2, 0.25) is 0 Å². The van der Waals surface area contributed by atoms with Crippen LogP contribution in [0.4, 0.5) is 0 Å². The number of hydrogen-bond donors (Lipinski definition) is 1. The maximum atomic E-state index is 11.7. The highest BCUT2D eigenvalue weighted by molar-refractivity contribution is 5.72. The summed E-state index contributed by atoms with van der Waals surface area (Å²) >= 11 is 0. The van der Waals surface area contributed by atoms with Gasteiger partial charge in [0.1, 0.15) is 0 Å². The Morgan fingerprint density at radius 2 is 2.11 bits per heavy atom. The second kappa shape index (κ2) is 9.35. The summed E-state index contributed by atoms with van der Waals surface area (Å²) in [6.07, 6.45) is 8.19. The third kappa shape index (κ3) is 6.95. The van der Waals surface area contributed by atoms with Crippen LogP contribution < -0.4 is 5.32 Å². The van der Waals surface area contributed by atoms with Crippen molar-refractivity contribution < 1.29 is 9.53 Å². The second-order valence-electron chi connectivity index (χ2n) is 6.16. The van der Waals surface area contributed by atoms with E-state index in [1.165, 1.54) is 25.7 Å². The molecule has 0 radical (unpaired) electrons. The minimum Gasteiger partial charge on any atom is -0.466 e. The predicted octanol–water partition coefficient (Wildman–Crippen LogP) is 3.52. The number of rotatable bonds is 8. The zero-order chi connectivity index (χ0) is 14.1. The number of nitrogens with one attached hydrogen (secondary N) is 1. The normalized spacial score (nSPS) is 23.6. The first-order valence-electron chi connectivity index (χ1n) is 8.03. The molecule has 19 heavy (non-hydrogen) atoms. The molecule has 2 unspecified atom stereocenters. The topological polar surface area (TPSA) is 38.3 Å². The number of ether oxygens (including phenoxy) is 1. The maximum Gasteiger partial charge on any atom is 0.308 e. The van der Waals surface area contributed by atoms with Crippen molar-refractivity contribution in [2.24, 2.45) is 11.8 Å². The van der Waals surface area contributed by atoms with E-state index < -0.39 is 0 Å². The first-order chi connectivity index (χ1) is 9.13. The molecule has 1 N–H and O–H groups in total. The molecule has 0 aliphatic heterocycles. The number of hydrogen-bond acceptors (Lipinski definition) is 3. The van der Waals surface area contributed by atoms with E-state index in [0.29, 0.717) is 12.6 Å². The molecule has 3 heteroatoms. The molecule has 0 bridgehead atoms. The van der Waals surface area contributed by atoms with Crippen LogP contribution in [0.3, 0.4) is 0 Å². The van der Waals surface area contributed by atoms with Crippen molar-refractivity contribution >= 4 is 5.97 Å². The molecule has 0 amide bonds. The molecule has 0 saturated heterocycles. The summed E-state index contributed by atoms with van der Waals surface area (Å²) in [6.45, 7) is 8.03. The molecule has 0 aromatic rings. The lowest BCUT2D eigenvalue weighted by Crippen LogP contribution is -2.37. The Labute approximate surface area is 118 Å². The highest BCUT2D eigenvalue weighted by Crippen LogP contribution is 2.25. The van der Waals surface area contributed by atoms with Crippen LogP contribution >= 0.6 is 0 Å². The van der Waals surface area contributed by atoms with E-state index in [4.69, 9.17) is 4.74 Å². The molecule has 2 atom stereocenters. The van der Waals surface area contributed by atoms with E-state index in [1.54, 1.807) is 0 Å². The Balaban J connectivity index is 2.14. The molecule has 0 spiro atoms. The number of esters is 1. The van der Waals surface area contributed by atoms with Crippen LogP contribution in [0, 0.1) is 11.8 Å². The smallest absolute Gasteiger partial charge is 0.308 e. The molecule has 112 valence electrons. The van der Waals surface area contributed by atoms with Gasteiger partial charge in [0.25, 0.3) is 0 Å². The third-order valence-corrected chi connectivity index (χ3v) is 3.94. The molecular formula is C16H31NO2. The summed E-state index contributed by atoms with van der Waals surface area (Å²) in [6, 6.07) is 0.516. The SMILES string of the molecule is CCOC(=O)C1CCCC(NCCCCC(C)C)C1. The van der Waals surface area contributed by atoms with Gasteiger partial charge in [-0.05, 0) is 45.1 Å². The van der Waals surface area contributed by atoms with Gasteiger partial charge in [-0.25, -0.2) is 0 Å². The van der Waals surface area contributed by atoms with Gasteiger partial charge in [-0.1, -0.05) is 33.1 Å². The van der Waals surface area contributed by atoms with E-state index >= 15 is 0 Å². The van der Waals surface area contributed by atoms with Crippen molar-refractivity contribution in [1.82, 2.24) is 5.32 Å². The molecule has 1 aliphatic rings. The van der Waals surface area contributed by atoms with E-state index in [1.807, 2.05) is 6.92 Å². The average Bonchev–Trinajstić information content (AvgIpc) is 2.38. The summed E-state index contributed by atoms with van der Waals surface area (Å²) in [5, 5.41) is 3.61. The Morgan fingerprint density at radius 3 is 2.79 bits per heavy atom. The largest absolute Gasteiger partial charge is 0.466 e. The van der Waals surface area contributed by atoms with Crippen LogP contribution in [-0.4, -0.2) is 25.2 Å². The Morgan fingerprint density at radius 1 is 1.32 bits per heavy atom. The van der Waals surface area contributed by atoms with E-state index in [9.17, 15) is 4.79 Å². The second-order valence-corrected chi connectivity index (χ2v) is 6.16. The first kappa shape index (κ1) is 16.5. The van der Waals surface area contributed by atoms with Crippen molar-refractivity contribution in [1.29, 1.82) is 0 Å². The fourth-order valence-corrected chi connectivity index (χ4v) is 2.83. The van der Waals surface area contributed by atoms with Gasteiger partial charge in [0.05, 0.1) is 12.5 Å². The average molecular weight is 269 g/mol.